The number of aliphatic hydroxyl groups excluding tert-OH is 1. The molecular formula is C12H22O2. The maximum Gasteiger partial charge on any atom is 0.0800 e. The van der Waals surface area contributed by atoms with Crippen molar-refractivity contribution in [2.45, 2.75) is 52.2 Å². The van der Waals surface area contributed by atoms with Crippen molar-refractivity contribution in [2.24, 2.45) is 11.3 Å². The highest BCUT2D eigenvalue weighted by atomic mass is 16.3. The Morgan fingerprint density at radius 3 is 2.07 bits per heavy atom. The Hall–Kier alpha value is -0.340. The Kier molecular flexibility index (Phi) is 3.07. The molecule has 0 aliphatic heterocycles. The Labute approximate surface area is 86.6 Å². The van der Waals surface area contributed by atoms with E-state index in [-0.39, 0.29) is 17.4 Å². The summed E-state index contributed by atoms with van der Waals surface area (Å²) in [4.78, 5) is 0. The predicted octanol–water partition coefficient (Wildman–Crippen LogP) is 2.11. The van der Waals surface area contributed by atoms with Crippen LogP contribution in [0.25, 0.3) is 0 Å². The fourth-order valence-electron chi connectivity index (χ4n) is 2.07. The zero-order valence-corrected chi connectivity index (χ0v) is 9.62. The zero-order chi connectivity index (χ0) is 11.0. The minimum atomic E-state index is -0.684. The smallest absolute Gasteiger partial charge is 0.0800 e. The Morgan fingerprint density at radius 2 is 1.71 bits per heavy atom. The lowest BCUT2D eigenvalue weighted by Gasteiger charge is -2.40. The molecule has 0 amide bonds. The van der Waals surface area contributed by atoms with Gasteiger partial charge in [-0.2, -0.15) is 0 Å². The molecule has 2 nitrogen and oxygen atoms in total. The van der Waals surface area contributed by atoms with E-state index in [1.54, 1.807) is 0 Å². The van der Waals surface area contributed by atoms with Crippen molar-refractivity contribution in [3.8, 4) is 0 Å². The average Bonchev–Trinajstić information content (AvgIpc) is 2.09. The lowest BCUT2D eigenvalue weighted by Crippen LogP contribution is -2.40. The molecule has 1 aliphatic carbocycles. The van der Waals surface area contributed by atoms with Gasteiger partial charge < -0.3 is 10.2 Å². The summed E-state index contributed by atoms with van der Waals surface area (Å²) in [7, 11) is 0. The van der Waals surface area contributed by atoms with Gasteiger partial charge >= 0.3 is 0 Å². The highest BCUT2D eigenvalue weighted by Gasteiger charge is 2.37. The highest BCUT2D eigenvalue weighted by Crippen LogP contribution is 2.39. The Morgan fingerprint density at radius 1 is 1.14 bits per heavy atom. The highest BCUT2D eigenvalue weighted by molar-refractivity contribution is 5.13. The summed E-state index contributed by atoms with van der Waals surface area (Å²) in [6.07, 6.45) is 5.04. The molecule has 1 rings (SSSR count). The third-order valence-corrected chi connectivity index (χ3v) is 3.30. The molecule has 0 saturated carbocycles. The molecule has 14 heavy (non-hydrogen) atoms. The van der Waals surface area contributed by atoms with Gasteiger partial charge in [-0.1, -0.05) is 32.9 Å². The molecule has 0 aromatic heterocycles. The maximum atomic E-state index is 10.0. The first kappa shape index (κ1) is 11.7. The van der Waals surface area contributed by atoms with Gasteiger partial charge in [-0.05, 0) is 25.7 Å². The van der Waals surface area contributed by atoms with Crippen molar-refractivity contribution < 1.29 is 10.2 Å². The molecule has 0 heterocycles. The predicted molar refractivity (Wildman–Crippen MR) is 57.9 cm³/mol. The maximum absolute atomic E-state index is 10.0. The van der Waals surface area contributed by atoms with Gasteiger partial charge in [0.1, 0.15) is 0 Å². The fourth-order valence-corrected chi connectivity index (χ4v) is 2.07. The van der Waals surface area contributed by atoms with Crippen molar-refractivity contribution in [3.63, 3.8) is 0 Å². The third-order valence-electron chi connectivity index (χ3n) is 3.30. The summed E-state index contributed by atoms with van der Waals surface area (Å²) in [6, 6.07) is 0. The van der Waals surface area contributed by atoms with Crippen molar-refractivity contribution in [1.29, 1.82) is 0 Å². The van der Waals surface area contributed by atoms with Gasteiger partial charge in [-0.25, -0.2) is 0 Å². The van der Waals surface area contributed by atoms with E-state index in [2.05, 4.69) is 6.92 Å². The van der Waals surface area contributed by atoms with E-state index in [1.165, 1.54) is 0 Å². The van der Waals surface area contributed by atoms with E-state index in [4.69, 9.17) is 0 Å². The average molecular weight is 198 g/mol. The van der Waals surface area contributed by atoms with Gasteiger partial charge in [0, 0.05) is 5.41 Å². The quantitative estimate of drug-likeness (QED) is 0.667. The van der Waals surface area contributed by atoms with Crippen LogP contribution in [0.1, 0.15) is 40.5 Å². The molecule has 0 aromatic rings. The molecule has 0 saturated heterocycles. The second-order valence-corrected chi connectivity index (χ2v) is 5.39. The van der Waals surface area contributed by atoms with Crippen LogP contribution in [-0.4, -0.2) is 21.9 Å². The summed E-state index contributed by atoms with van der Waals surface area (Å²) in [5.41, 5.74) is -0.855. The molecule has 0 fully saturated rings. The Balaban J connectivity index is 2.79. The fraction of sp³-hybridized carbons (Fsp3) is 0.833. The second kappa shape index (κ2) is 3.67. The van der Waals surface area contributed by atoms with Gasteiger partial charge in [0.25, 0.3) is 0 Å². The normalized spacial score (nSPS) is 40.2. The molecule has 0 bridgehead atoms. The molecule has 0 radical (unpaired) electrons. The van der Waals surface area contributed by atoms with Crippen LogP contribution in [0.5, 0.6) is 0 Å². The molecule has 2 unspecified atom stereocenters. The lowest BCUT2D eigenvalue weighted by molar-refractivity contribution is -0.00226. The first-order valence-electron chi connectivity index (χ1n) is 5.38. The van der Waals surface area contributed by atoms with E-state index < -0.39 is 5.60 Å². The van der Waals surface area contributed by atoms with Crippen LogP contribution < -0.4 is 0 Å². The summed E-state index contributed by atoms with van der Waals surface area (Å²) in [6.45, 7) is 7.92. The molecule has 2 heteroatoms. The van der Waals surface area contributed by atoms with Gasteiger partial charge in [0.05, 0.1) is 11.7 Å². The van der Waals surface area contributed by atoms with Crippen LogP contribution in [0.4, 0.5) is 0 Å². The van der Waals surface area contributed by atoms with Crippen LogP contribution in [0.3, 0.4) is 0 Å². The number of rotatable bonds is 2. The first-order valence-corrected chi connectivity index (χ1v) is 5.38. The first-order chi connectivity index (χ1) is 6.27. The monoisotopic (exact) mass is 198 g/mol. The topological polar surface area (TPSA) is 40.5 Å². The van der Waals surface area contributed by atoms with Gasteiger partial charge in [-0.3, -0.25) is 0 Å². The van der Waals surface area contributed by atoms with E-state index in [1.807, 2.05) is 32.9 Å². The minimum Gasteiger partial charge on any atom is -0.392 e. The summed E-state index contributed by atoms with van der Waals surface area (Å²) in [5.74, 6) is 0.257. The van der Waals surface area contributed by atoms with E-state index in [9.17, 15) is 10.2 Å². The standard InChI is InChI=1S/C12H22O2/c1-9(2)10(13)11(3)5-7-12(4,14)8-6-11/h5,7,9-10,13-14H,6,8H2,1-4H3/t10-,11?,12?/m1/s1. The van der Waals surface area contributed by atoms with E-state index >= 15 is 0 Å². The van der Waals surface area contributed by atoms with Crippen molar-refractivity contribution in [3.05, 3.63) is 12.2 Å². The summed E-state index contributed by atoms with van der Waals surface area (Å²) >= 11 is 0. The van der Waals surface area contributed by atoms with E-state index in [0.29, 0.717) is 0 Å². The Bertz CT molecular complexity index is 230. The molecule has 0 aromatic carbocycles. The number of aliphatic hydroxyl groups is 2. The second-order valence-electron chi connectivity index (χ2n) is 5.39. The van der Waals surface area contributed by atoms with Crippen LogP contribution in [0.15, 0.2) is 12.2 Å². The van der Waals surface area contributed by atoms with Crippen LogP contribution in [-0.2, 0) is 0 Å². The zero-order valence-electron chi connectivity index (χ0n) is 9.62. The number of hydrogen-bond donors (Lipinski definition) is 2. The summed E-state index contributed by atoms with van der Waals surface area (Å²) in [5, 5.41) is 19.8. The molecule has 3 atom stereocenters. The largest absolute Gasteiger partial charge is 0.392 e. The minimum absolute atomic E-state index is 0.170. The van der Waals surface area contributed by atoms with Gasteiger partial charge in [0.15, 0.2) is 0 Å². The van der Waals surface area contributed by atoms with Crippen molar-refractivity contribution >= 4 is 0 Å². The molecular weight excluding hydrogens is 176 g/mol. The third kappa shape index (κ3) is 2.37. The molecule has 2 N–H and O–H groups in total. The van der Waals surface area contributed by atoms with Crippen LogP contribution in [0, 0.1) is 11.3 Å². The molecule has 82 valence electrons. The summed E-state index contributed by atoms with van der Waals surface area (Å²) < 4.78 is 0. The van der Waals surface area contributed by atoms with Crippen molar-refractivity contribution in [1.82, 2.24) is 0 Å². The lowest BCUT2D eigenvalue weighted by atomic mass is 9.70. The van der Waals surface area contributed by atoms with Crippen molar-refractivity contribution in [2.75, 3.05) is 0 Å². The molecule has 0 spiro atoms. The molecule has 1 aliphatic rings. The van der Waals surface area contributed by atoms with Crippen LogP contribution >= 0.6 is 0 Å². The van der Waals surface area contributed by atoms with Crippen LogP contribution in [0.2, 0.25) is 0 Å². The van der Waals surface area contributed by atoms with Gasteiger partial charge in [-0.15, -0.1) is 0 Å². The SMILES string of the molecule is CC(C)[C@@H](O)C1(C)C=CC(C)(O)CC1. The van der Waals surface area contributed by atoms with Gasteiger partial charge in [0.2, 0.25) is 0 Å². The van der Waals surface area contributed by atoms with E-state index in [0.717, 1.165) is 12.8 Å². The number of hydrogen-bond acceptors (Lipinski definition) is 2.